The number of likely N-dealkylation sites (N-methyl/N-ethyl adjacent to an activating group) is 1. The van der Waals surface area contributed by atoms with Crippen molar-refractivity contribution in [2.75, 3.05) is 47.0 Å². The summed E-state index contributed by atoms with van der Waals surface area (Å²) in [5.41, 5.74) is -0.130. The SMILES string of the molecule is CNC(C)(CO)CCCN(C)CC1CCCOC1. The van der Waals surface area contributed by atoms with E-state index >= 15 is 0 Å². The average molecular weight is 258 g/mol. The molecule has 2 unspecified atom stereocenters. The maximum absolute atomic E-state index is 9.32. The molecular weight excluding hydrogens is 228 g/mol. The van der Waals surface area contributed by atoms with Crippen LogP contribution in [0.1, 0.15) is 32.6 Å². The standard InChI is InChI=1S/C14H30N2O2/c1-14(12-17,15-2)7-5-8-16(3)10-13-6-4-9-18-11-13/h13,15,17H,4-12H2,1-3H3. The Hall–Kier alpha value is -0.160. The van der Waals surface area contributed by atoms with Gasteiger partial charge in [0.1, 0.15) is 0 Å². The number of hydrogen-bond donors (Lipinski definition) is 2. The van der Waals surface area contributed by atoms with Crippen LogP contribution < -0.4 is 5.32 Å². The van der Waals surface area contributed by atoms with Gasteiger partial charge in [-0.2, -0.15) is 0 Å². The summed E-state index contributed by atoms with van der Waals surface area (Å²) in [5.74, 6) is 0.706. The quantitative estimate of drug-likeness (QED) is 0.684. The first kappa shape index (κ1) is 15.9. The minimum Gasteiger partial charge on any atom is -0.394 e. The number of ether oxygens (including phenoxy) is 1. The van der Waals surface area contributed by atoms with Crippen molar-refractivity contribution in [3.8, 4) is 0 Å². The molecule has 1 fully saturated rings. The van der Waals surface area contributed by atoms with Crippen LogP contribution in [0.25, 0.3) is 0 Å². The fourth-order valence-corrected chi connectivity index (χ4v) is 2.51. The Kier molecular flexibility index (Phi) is 7.15. The smallest absolute Gasteiger partial charge is 0.0610 e. The van der Waals surface area contributed by atoms with Crippen molar-refractivity contribution in [3.63, 3.8) is 0 Å². The average Bonchev–Trinajstić information content (AvgIpc) is 2.39. The summed E-state index contributed by atoms with van der Waals surface area (Å²) < 4.78 is 5.51. The van der Waals surface area contributed by atoms with E-state index < -0.39 is 0 Å². The van der Waals surface area contributed by atoms with E-state index in [9.17, 15) is 5.11 Å². The van der Waals surface area contributed by atoms with Gasteiger partial charge in [-0.3, -0.25) is 0 Å². The molecule has 1 aliphatic rings. The van der Waals surface area contributed by atoms with E-state index in [0.29, 0.717) is 5.92 Å². The maximum atomic E-state index is 9.32. The lowest BCUT2D eigenvalue weighted by Crippen LogP contribution is -2.44. The van der Waals surface area contributed by atoms with Gasteiger partial charge in [0, 0.05) is 18.7 Å². The molecule has 0 spiro atoms. The summed E-state index contributed by atoms with van der Waals surface area (Å²) >= 11 is 0. The summed E-state index contributed by atoms with van der Waals surface area (Å²) in [7, 11) is 4.10. The Morgan fingerprint density at radius 3 is 2.83 bits per heavy atom. The van der Waals surface area contributed by atoms with Crippen LogP contribution in [0.4, 0.5) is 0 Å². The molecule has 4 heteroatoms. The third kappa shape index (κ3) is 5.65. The van der Waals surface area contributed by atoms with Crippen LogP contribution in [0.15, 0.2) is 0 Å². The third-order valence-corrected chi connectivity index (χ3v) is 4.05. The van der Waals surface area contributed by atoms with Gasteiger partial charge in [-0.25, -0.2) is 0 Å². The molecule has 0 amide bonds. The zero-order valence-electron chi connectivity index (χ0n) is 12.2. The number of aliphatic hydroxyl groups excluding tert-OH is 1. The lowest BCUT2D eigenvalue weighted by Gasteiger charge is -2.29. The molecule has 0 aromatic heterocycles. The Balaban J connectivity index is 2.14. The van der Waals surface area contributed by atoms with Crippen LogP contribution in [0, 0.1) is 5.92 Å². The van der Waals surface area contributed by atoms with Crippen LogP contribution in [-0.4, -0.2) is 62.6 Å². The zero-order chi connectivity index (χ0) is 13.4. The Bertz CT molecular complexity index is 214. The van der Waals surface area contributed by atoms with Gasteiger partial charge in [-0.15, -0.1) is 0 Å². The summed E-state index contributed by atoms with van der Waals surface area (Å²) in [6, 6.07) is 0. The van der Waals surface area contributed by atoms with E-state index in [1.54, 1.807) is 0 Å². The van der Waals surface area contributed by atoms with Crippen LogP contribution in [-0.2, 0) is 4.74 Å². The van der Waals surface area contributed by atoms with Gasteiger partial charge in [-0.1, -0.05) is 0 Å². The second-order valence-electron chi connectivity index (χ2n) is 5.92. The van der Waals surface area contributed by atoms with Gasteiger partial charge in [0.15, 0.2) is 0 Å². The van der Waals surface area contributed by atoms with Crippen LogP contribution in [0.2, 0.25) is 0 Å². The fraction of sp³-hybridized carbons (Fsp3) is 1.00. The van der Waals surface area contributed by atoms with E-state index in [-0.39, 0.29) is 12.1 Å². The fourth-order valence-electron chi connectivity index (χ4n) is 2.51. The number of nitrogens with one attached hydrogen (secondary N) is 1. The lowest BCUT2D eigenvalue weighted by molar-refractivity contribution is 0.0415. The van der Waals surface area contributed by atoms with Gasteiger partial charge in [0.2, 0.25) is 0 Å². The second kappa shape index (κ2) is 8.10. The van der Waals surface area contributed by atoms with E-state index in [1.807, 2.05) is 7.05 Å². The number of hydrogen-bond acceptors (Lipinski definition) is 4. The maximum Gasteiger partial charge on any atom is 0.0610 e. The molecule has 0 aromatic rings. The molecule has 0 bridgehead atoms. The monoisotopic (exact) mass is 258 g/mol. The summed E-state index contributed by atoms with van der Waals surface area (Å²) in [6.07, 6.45) is 4.63. The number of aliphatic hydroxyl groups is 1. The molecule has 1 saturated heterocycles. The summed E-state index contributed by atoms with van der Waals surface area (Å²) in [4.78, 5) is 2.40. The Morgan fingerprint density at radius 1 is 1.50 bits per heavy atom. The highest BCUT2D eigenvalue weighted by molar-refractivity contribution is 4.80. The van der Waals surface area contributed by atoms with Gasteiger partial charge >= 0.3 is 0 Å². The molecule has 0 radical (unpaired) electrons. The highest BCUT2D eigenvalue weighted by Crippen LogP contribution is 2.15. The van der Waals surface area contributed by atoms with Crippen molar-refractivity contribution in [1.29, 1.82) is 0 Å². The molecule has 0 aromatic carbocycles. The molecule has 1 heterocycles. The molecule has 0 saturated carbocycles. The first-order chi connectivity index (χ1) is 8.59. The predicted molar refractivity (Wildman–Crippen MR) is 74.8 cm³/mol. The first-order valence-electron chi connectivity index (χ1n) is 7.16. The van der Waals surface area contributed by atoms with E-state index in [4.69, 9.17) is 4.74 Å². The van der Waals surface area contributed by atoms with Crippen molar-refractivity contribution in [1.82, 2.24) is 10.2 Å². The van der Waals surface area contributed by atoms with E-state index in [2.05, 4.69) is 24.2 Å². The van der Waals surface area contributed by atoms with Crippen molar-refractivity contribution in [3.05, 3.63) is 0 Å². The number of rotatable bonds is 8. The molecule has 2 N–H and O–H groups in total. The highest BCUT2D eigenvalue weighted by Gasteiger charge is 2.21. The summed E-state index contributed by atoms with van der Waals surface area (Å²) in [6.45, 7) is 6.36. The Morgan fingerprint density at radius 2 is 2.28 bits per heavy atom. The first-order valence-corrected chi connectivity index (χ1v) is 7.16. The molecule has 108 valence electrons. The molecule has 1 rings (SSSR count). The second-order valence-corrected chi connectivity index (χ2v) is 5.92. The minimum atomic E-state index is -0.130. The van der Waals surface area contributed by atoms with Crippen LogP contribution >= 0.6 is 0 Å². The zero-order valence-corrected chi connectivity index (χ0v) is 12.2. The van der Waals surface area contributed by atoms with Crippen molar-refractivity contribution >= 4 is 0 Å². The molecule has 0 aliphatic carbocycles. The largest absolute Gasteiger partial charge is 0.394 e. The lowest BCUT2D eigenvalue weighted by atomic mass is 9.96. The summed E-state index contributed by atoms with van der Waals surface area (Å²) in [5, 5.41) is 12.5. The Labute approximate surface area is 112 Å². The van der Waals surface area contributed by atoms with Crippen molar-refractivity contribution < 1.29 is 9.84 Å². The van der Waals surface area contributed by atoms with Crippen molar-refractivity contribution in [2.45, 2.75) is 38.1 Å². The topological polar surface area (TPSA) is 44.7 Å². The van der Waals surface area contributed by atoms with Crippen LogP contribution in [0.5, 0.6) is 0 Å². The molecule has 1 aliphatic heterocycles. The predicted octanol–water partition coefficient (Wildman–Crippen LogP) is 1.10. The normalized spacial score (nSPS) is 24.2. The minimum absolute atomic E-state index is 0.130. The third-order valence-electron chi connectivity index (χ3n) is 4.05. The van der Waals surface area contributed by atoms with Gasteiger partial charge in [-0.05, 0) is 59.2 Å². The highest BCUT2D eigenvalue weighted by atomic mass is 16.5. The molecule has 4 nitrogen and oxygen atoms in total. The van der Waals surface area contributed by atoms with E-state index in [1.165, 1.54) is 12.8 Å². The number of nitrogens with zero attached hydrogens (tertiary/aromatic N) is 1. The molecule has 2 atom stereocenters. The molecular formula is C14H30N2O2. The molecule has 18 heavy (non-hydrogen) atoms. The van der Waals surface area contributed by atoms with E-state index in [0.717, 1.165) is 39.1 Å². The van der Waals surface area contributed by atoms with Crippen LogP contribution in [0.3, 0.4) is 0 Å². The van der Waals surface area contributed by atoms with Gasteiger partial charge in [0.05, 0.1) is 13.2 Å². The van der Waals surface area contributed by atoms with Gasteiger partial charge in [0.25, 0.3) is 0 Å². The van der Waals surface area contributed by atoms with Crippen molar-refractivity contribution in [2.24, 2.45) is 5.92 Å². The van der Waals surface area contributed by atoms with Gasteiger partial charge < -0.3 is 20.1 Å².